The minimum absolute atomic E-state index is 0.157. The van der Waals surface area contributed by atoms with Crippen LogP contribution in [-0.4, -0.2) is 16.9 Å². The van der Waals surface area contributed by atoms with Gasteiger partial charge in [0.15, 0.2) is 0 Å². The maximum atomic E-state index is 10.6. The maximum absolute atomic E-state index is 10.6. The third kappa shape index (κ3) is 5.75. The second-order valence-electron chi connectivity index (χ2n) is 2.47. The van der Waals surface area contributed by atoms with Crippen LogP contribution in [0.5, 0.6) is 0 Å². The number of carbonyl (C=O) groups is 1. The van der Waals surface area contributed by atoms with Crippen molar-refractivity contribution in [1.29, 1.82) is 0 Å². The second-order valence-corrected chi connectivity index (χ2v) is 2.96. The summed E-state index contributed by atoms with van der Waals surface area (Å²) in [4.78, 5) is 11.2. The summed E-state index contributed by atoms with van der Waals surface area (Å²) in [5, 5.41) is 2.92. The fourth-order valence-electron chi connectivity index (χ4n) is 0.570. The molecule has 0 aromatic heterocycles. The van der Waals surface area contributed by atoms with Crippen molar-refractivity contribution in [2.45, 2.75) is 26.3 Å². The predicted molar refractivity (Wildman–Crippen MR) is 47.8 cm³/mol. The molecule has 0 aromatic carbocycles. The molecule has 1 amide bonds. The second kappa shape index (κ2) is 5.03. The molecule has 0 saturated carbocycles. The van der Waals surface area contributed by atoms with Crippen molar-refractivity contribution in [3.8, 4) is 0 Å². The zero-order valence-electron chi connectivity index (χ0n) is 6.68. The molecule has 0 bridgehead atoms. The van der Waals surface area contributed by atoms with Crippen molar-refractivity contribution < 1.29 is 4.79 Å². The van der Waals surface area contributed by atoms with Crippen molar-refractivity contribution >= 4 is 23.1 Å². The number of carbonyl (C=O) groups excluding carboxylic acids is 1. The highest BCUT2D eigenvalue weighted by molar-refractivity contribution is 7.80. The molecule has 0 aromatic rings. The van der Waals surface area contributed by atoms with Crippen LogP contribution in [0.15, 0.2) is 0 Å². The first kappa shape index (κ1) is 10.3. The molecule has 0 aliphatic heterocycles. The largest absolute Gasteiger partial charge is 0.377 e. The van der Waals surface area contributed by atoms with Gasteiger partial charge in [0.1, 0.15) is 0 Å². The molecule has 0 fully saturated rings. The predicted octanol–water partition coefficient (Wildman–Crippen LogP) is -0.308. The van der Waals surface area contributed by atoms with Gasteiger partial charge in [-0.2, -0.15) is 0 Å². The molecule has 0 aliphatic carbocycles. The van der Waals surface area contributed by atoms with E-state index in [1.165, 1.54) is 0 Å². The zero-order valence-corrected chi connectivity index (χ0v) is 7.49. The van der Waals surface area contributed by atoms with Crippen LogP contribution in [0, 0.1) is 0 Å². The lowest BCUT2D eigenvalue weighted by atomic mass is 10.3. The number of rotatable bonds is 3. The third-order valence-electron chi connectivity index (χ3n) is 0.932. The fourth-order valence-corrected chi connectivity index (χ4v) is 0.937. The highest BCUT2D eigenvalue weighted by atomic mass is 32.1. The zero-order chi connectivity index (χ0) is 8.85. The standard InChI is InChI=1S/C6H13N3OS/c1-4(2)8-6(11)3-5(10)9-7/h4H,3,7H2,1-2H3,(H,8,11)(H,9,10). The molecule has 4 nitrogen and oxygen atoms in total. The van der Waals surface area contributed by atoms with Crippen LogP contribution in [0.25, 0.3) is 0 Å². The van der Waals surface area contributed by atoms with Crippen molar-refractivity contribution in [3.63, 3.8) is 0 Å². The Kier molecular flexibility index (Phi) is 4.72. The van der Waals surface area contributed by atoms with Gasteiger partial charge in [-0.05, 0) is 13.8 Å². The third-order valence-corrected chi connectivity index (χ3v) is 1.19. The van der Waals surface area contributed by atoms with E-state index in [4.69, 9.17) is 18.1 Å². The Labute approximate surface area is 71.5 Å². The lowest BCUT2D eigenvalue weighted by Crippen LogP contribution is -2.36. The lowest BCUT2D eigenvalue weighted by Gasteiger charge is -2.09. The van der Waals surface area contributed by atoms with E-state index in [0.717, 1.165) is 0 Å². The molecule has 0 atom stereocenters. The number of nitrogens with two attached hydrogens (primary N) is 1. The summed E-state index contributed by atoms with van der Waals surface area (Å²) in [6.07, 6.45) is 0.157. The average Bonchev–Trinajstić information content (AvgIpc) is 1.85. The Bertz CT molecular complexity index is 158. The summed E-state index contributed by atoms with van der Waals surface area (Å²) in [7, 11) is 0. The van der Waals surface area contributed by atoms with Crippen molar-refractivity contribution in [3.05, 3.63) is 0 Å². The fraction of sp³-hybridized carbons (Fsp3) is 0.667. The molecule has 5 heteroatoms. The van der Waals surface area contributed by atoms with E-state index in [1.54, 1.807) is 0 Å². The first-order valence-electron chi connectivity index (χ1n) is 3.35. The molecule has 11 heavy (non-hydrogen) atoms. The van der Waals surface area contributed by atoms with Gasteiger partial charge in [0.2, 0.25) is 5.91 Å². The van der Waals surface area contributed by atoms with E-state index in [2.05, 4.69) is 5.32 Å². The molecule has 0 rings (SSSR count). The summed E-state index contributed by atoms with van der Waals surface area (Å²) >= 11 is 4.85. The van der Waals surface area contributed by atoms with Crippen molar-refractivity contribution in [1.82, 2.24) is 10.7 Å². The Balaban J connectivity index is 3.61. The maximum Gasteiger partial charge on any atom is 0.240 e. The molecular weight excluding hydrogens is 162 g/mol. The number of nitrogens with one attached hydrogen (secondary N) is 2. The molecule has 0 aliphatic rings. The van der Waals surface area contributed by atoms with E-state index in [0.29, 0.717) is 4.99 Å². The first-order chi connectivity index (χ1) is 5.06. The monoisotopic (exact) mass is 175 g/mol. The SMILES string of the molecule is CC(C)NC(=S)CC(=O)NN. The van der Waals surface area contributed by atoms with Crippen LogP contribution in [0.4, 0.5) is 0 Å². The average molecular weight is 175 g/mol. The summed E-state index contributed by atoms with van der Waals surface area (Å²) in [5.74, 6) is 4.59. The summed E-state index contributed by atoms with van der Waals surface area (Å²) in [6.45, 7) is 3.90. The van der Waals surface area contributed by atoms with E-state index in [9.17, 15) is 4.79 Å². The lowest BCUT2D eigenvalue weighted by molar-refractivity contribution is -0.119. The Morgan fingerprint density at radius 3 is 2.55 bits per heavy atom. The highest BCUT2D eigenvalue weighted by Gasteiger charge is 2.03. The van der Waals surface area contributed by atoms with Gasteiger partial charge >= 0.3 is 0 Å². The minimum Gasteiger partial charge on any atom is -0.377 e. The van der Waals surface area contributed by atoms with Gasteiger partial charge in [-0.1, -0.05) is 12.2 Å². The molecule has 0 unspecified atom stereocenters. The van der Waals surface area contributed by atoms with E-state index in [1.807, 2.05) is 19.3 Å². The van der Waals surface area contributed by atoms with Crippen LogP contribution in [-0.2, 0) is 4.79 Å². The smallest absolute Gasteiger partial charge is 0.240 e. The Morgan fingerprint density at radius 1 is 1.64 bits per heavy atom. The van der Waals surface area contributed by atoms with Gasteiger partial charge in [-0.15, -0.1) is 0 Å². The van der Waals surface area contributed by atoms with Gasteiger partial charge in [0.25, 0.3) is 0 Å². The number of hydrogen-bond donors (Lipinski definition) is 3. The number of amides is 1. The number of thiocarbonyl (C=S) groups is 1. The molecule has 64 valence electrons. The quantitative estimate of drug-likeness (QED) is 0.238. The van der Waals surface area contributed by atoms with Crippen LogP contribution < -0.4 is 16.6 Å². The van der Waals surface area contributed by atoms with Gasteiger partial charge in [0.05, 0.1) is 11.4 Å². The number of hydrogen-bond acceptors (Lipinski definition) is 3. The minimum atomic E-state index is -0.275. The van der Waals surface area contributed by atoms with E-state index in [-0.39, 0.29) is 18.4 Å². The van der Waals surface area contributed by atoms with Crippen LogP contribution >= 0.6 is 12.2 Å². The summed E-state index contributed by atoms with van der Waals surface area (Å²) in [6, 6.07) is 0.257. The van der Waals surface area contributed by atoms with E-state index >= 15 is 0 Å². The van der Waals surface area contributed by atoms with Crippen LogP contribution in [0.3, 0.4) is 0 Å². The van der Waals surface area contributed by atoms with Gasteiger partial charge in [0, 0.05) is 6.04 Å². The van der Waals surface area contributed by atoms with E-state index < -0.39 is 0 Å². The molecule has 0 radical (unpaired) electrons. The normalized spacial score (nSPS) is 9.45. The molecule has 0 spiro atoms. The van der Waals surface area contributed by atoms with Crippen LogP contribution in [0.1, 0.15) is 20.3 Å². The Hall–Kier alpha value is -0.680. The molecular formula is C6H13N3OS. The van der Waals surface area contributed by atoms with Gasteiger partial charge < -0.3 is 5.32 Å². The number of hydrazine groups is 1. The molecule has 0 saturated heterocycles. The van der Waals surface area contributed by atoms with Gasteiger partial charge in [-0.3, -0.25) is 10.2 Å². The van der Waals surface area contributed by atoms with Crippen molar-refractivity contribution in [2.24, 2.45) is 5.84 Å². The summed E-state index contributed by atoms with van der Waals surface area (Å²) in [5.41, 5.74) is 2.00. The van der Waals surface area contributed by atoms with Crippen LogP contribution in [0.2, 0.25) is 0 Å². The topological polar surface area (TPSA) is 67.2 Å². The van der Waals surface area contributed by atoms with Gasteiger partial charge in [-0.25, -0.2) is 5.84 Å². The Morgan fingerprint density at radius 2 is 2.18 bits per heavy atom. The summed E-state index contributed by atoms with van der Waals surface area (Å²) < 4.78 is 0. The molecule has 0 heterocycles. The first-order valence-corrected chi connectivity index (χ1v) is 3.76. The highest BCUT2D eigenvalue weighted by Crippen LogP contribution is 1.85. The van der Waals surface area contributed by atoms with Crippen molar-refractivity contribution in [2.75, 3.05) is 0 Å². The molecule has 4 N–H and O–H groups in total.